The van der Waals surface area contributed by atoms with Crippen molar-refractivity contribution in [2.75, 3.05) is 20.6 Å². The zero-order valence-corrected chi connectivity index (χ0v) is 11.2. The molecule has 0 saturated heterocycles. The zero-order valence-electron chi connectivity index (χ0n) is 11.2. The van der Waals surface area contributed by atoms with Gasteiger partial charge in [0.1, 0.15) is 0 Å². The molecule has 0 bridgehead atoms. The van der Waals surface area contributed by atoms with E-state index < -0.39 is 0 Å². The fraction of sp³-hybridized carbons (Fsp3) is 0.643. The summed E-state index contributed by atoms with van der Waals surface area (Å²) in [6.45, 7) is 7.85. The molecular weight excluding hydrogens is 196 g/mol. The van der Waals surface area contributed by atoms with Crippen molar-refractivity contribution < 1.29 is 0 Å². The number of aryl methyl sites for hydroxylation is 1. The molecule has 1 aromatic heterocycles. The highest BCUT2D eigenvalue weighted by Crippen LogP contribution is 2.22. The topological polar surface area (TPSA) is 16.1 Å². The highest BCUT2D eigenvalue weighted by atomic mass is 15.0. The largest absolute Gasteiger partial charge is 0.309 e. The van der Waals surface area contributed by atoms with Gasteiger partial charge in [-0.2, -0.15) is 0 Å². The maximum atomic E-state index is 4.43. The van der Waals surface area contributed by atoms with Gasteiger partial charge in [0.25, 0.3) is 0 Å². The van der Waals surface area contributed by atoms with Crippen molar-refractivity contribution in [3.05, 3.63) is 29.6 Å². The molecule has 16 heavy (non-hydrogen) atoms. The van der Waals surface area contributed by atoms with E-state index in [9.17, 15) is 0 Å². The lowest BCUT2D eigenvalue weighted by molar-refractivity contribution is 0.399. The van der Waals surface area contributed by atoms with Crippen LogP contribution in [0.1, 0.15) is 38.4 Å². The van der Waals surface area contributed by atoms with Crippen LogP contribution in [0, 0.1) is 0 Å². The first kappa shape index (κ1) is 13.2. The third kappa shape index (κ3) is 4.31. The fourth-order valence-corrected chi connectivity index (χ4v) is 1.66. The van der Waals surface area contributed by atoms with Gasteiger partial charge in [0.05, 0.1) is 0 Å². The van der Waals surface area contributed by atoms with Crippen LogP contribution in [0.3, 0.4) is 0 Å². The van der Waals surface area contributed by atoms with Crippen molar-refractivity contribution in [2.45, 2.75) is 39.0 Å². The van der Waals surface area contributed by atoms with Crippen LogP contribution in [0.4, 0.5) is 0 Å². The van der Waals surface area contributed by atoms with Crippen LogP contribution in [0.2, 0.25) is 0 Å². The zero-order chi connectivity index (χ0) is 12.2. The molecule has 0 atom stereocenters. The van der Waals surface area contributed by atoms with Gasteiger partial charge in [0.2, 0.25) is 0 Å². The third-order valence-corrected chi connectivity index (χ3v) is 2.72. The van der Waals surface area contributed by atoms with E-state index in [4.69, 9.17) is 0 Å². The lowest BCUT2D eigenvalue weighted by Crippen LogP contribution is -2.14. The average molecular weight is 220 g/mol. The predicted molar refractivity (Wildman–Crippen MR) is 69.8 cm³/mol. The molecule has 1 rings (SSSR count). The van der Waals surface area contributed by atoms with Crippen molar-refractivity contribution in [2.24, 2.45) is 0 Å². The molecule has 0 amide bonds. The minimum absolute atomic E-state index is 0.221. The van der Waals surface area contributed by atoms with Crippen molar-refractivity contribution in [3.63, 3.8) is 0 Å². The highest BCUT2D eigenvalue weighted by Gasteiger charge is 2.13. The van der Waals surface area contributed by atoms with Gasteiger partial charge in [-0.15, -0.1) is 0 Å². The molecule has 0 aromatic carbocycles. The molecule has 1 heterocycles. The maximum Gasteiger partial charge on any atom is 0.0407 e. The second kappa shape index (κ2) is 5.44. The van der Waals surface area contributed by atoms with Crippen molar-refractivity contribution in [1.29, 1.82) is 0 Å². The summed E-state index contributed by atoms with van der Waals surface area (Å²) >= 11 is 0. The summed E-state index contributed by atoms with van der Waals surface area (Å²) in [7, 11) is 4.22. The van der Waals surface area contributed by atoms with E-state index in [1.807, 2.05) is 6.20 Å². The smallest absolute Gasteiger partial charge is 0.0407 e. The molecule has 0 saturated carbocycles. The van der Waals surface area contributed by atoms with Crippen LogP contribution in [-0.2, 0) is 11.8 Å². The molecule has 0 aliphatic heterocycles. The summed E-state index contributed by atoms with van der Waals surface area (Å²) in [5.74, 6) is 0. The Balaban J connectivity index is 2.61. The number of aromatic nitrogens is 1. The van der Waals surface area contributed by atoms with Crippen LogP contribution in [0.15, 0.2) is 18.3 Å². The minimum atomic E-state index is 0.221. The quantitative estimate of drug-likeness (QED) is 0.775. The standard InChI is InChI=1S/C14H24N2/c1-14(2,3)12-8-9-15-13(11-12)7-6-10-16(4)5/h8-9,11H,6-7,10H2,1-5H3. The monoisotopic (exact) mass is 220 g/mol. The van der Waals surface area contributed by atoms with Crippen LogP contribution >= 0.6 is 0 Å². The Labute approximate surface area is 99.7 Å². The van der Waals surface area contributed by atoms with E-state index >= 15 is 0 Å². The van der Waals surface area contributed by atoms with Gasteiger partial charge >= 0.3 is 0 Å². The summed E-state index contributed by atoms with van der Waals surface area (Å²) in [6.07, 6.45) is 4.18. The van der Waals surface area contributed by atoms with E-state index in [2.05, 4.69) is 56.9 Å². The van der Waals surface area contributed by atoms with Crippen LogP contribution in [0.25, 0.3) is 0 Å². The Morgan fingerprint density at radius 1 is 1.25 bits per heavy atom. The van der Waals surface area contributed by atoms with E-state index in [-0.39, 0.29) is 5.41 Å². The molecule has 0 aliphatic rings. The molecule has 2 nitrogen and oxygen atoms in total. The van der Waals surface area contributed by atoms with Crippen LogP contribution in [-0.4, -0.2) is 30.5 Å². The number of hydrogen-bond donors (Lipinski definition) is 0. The Morgan fingerprint density at radius 2 is 1.94 bits per heavy atom. The molecular formula is C14H24N2. The van der Waals surface area contributed by atoms with E-state index in [0.29, 0.717) is 0 Å². The summed E-state index contributed by atoms with van der Waals surface area (Å²) < 4.78 is 0. The molecule has 0 unspecified atom stereocenters. The fourth-order valence-electron chi connectivity index (χ4n) is 1.66. The second-order valence-electron chi connectivity index (χ2n) is 5.69. The van der Waals surface area contributed by atoms with Gasteiger partial charge in [0.15, 0.2) is 0 Å². The van der Waals surface area contributed by atoms with E-state index in [0.717, 1.165) is 13.0 Å². The number of hydrogen-bond acceptors (Lipinski definition) is 2. The summed E-state index contributed by atoms with van der Waals surface area (Å²) in [5, 5.41) is 0. The average Bonchev–Trinajstić information content (AvgIpc) is 2.16. The van der Waals surface area contributed by atoms with Gasteiger partial charge < -0.3 is 4.90 Å². The molecule has 0 N–H and O–H groups in total. The van der Waals surface area contributed by atoms with Gasteiger partial charge in [-0.05, 0) is 56.6 Å². The first-order valence-electron chi connectivity index (χ1n) is 6.00. The molecule has 90 valence electrons. The summed E-state index contributed by atoms with van der Waals surface area (Å²) in [4.78, 5) is 6.65. The second-order valence-corrected chi connectivity index (χ2v) is 5.69. The molecule has 0 radical (unpaired) electrons. The number of nitrogens with zero attached hydrogens (tertiary/aromatic N) is 2. The third-order valence-electron chi connectivity index (χ3n) is 2.72. The number of pyridine rings is 1. The van der Waals surface area contributed by atoms with Crippen LogP contribution < -0.4 is 0 Å². The van der Waals surface area contributed by atoms with Gasteiger partial charge in [-0.3, -0.25) is 4.98 Å². The first-order chi connectivity index (χ1) is 7.39. The molecule has 0 spiro atoms. The SMILES string of the molecule is CN(C)CCCc1cc(C(C)(C)C)ccn1. The number of rotatable bonds is 4. The minimum Gasteiger partial charge on any atom is -0.309 e. The molecule has 1 aromatic rings. The normalized spacial score (nSPS) is 12.1. The summed E-state index contributed by atoms with van der Waals surface area (Å²) in [5.41, 5.74) is 2.82. The van der Waals surface area contributed by atoms with E-state index in [1.54, 1.807) is 0 Å². The molecule has 2 heteroatoms. The molecule has 0 fully saturated rings. The predicted octanol–water partition coefficient (Wildman–Crippen LogP) is 2.87. The lowest BCUT2D eigenvalue weighted by atomic mass is 9.87. The highest BCUT2D eigenvalue weighted by molar-refractivity contribution is 5.23. The maximum absolute atomic E-state index is 4.43. The Kier molecular flexibility index (Phi) is 4.48. The summed E-state index contributed by atoms with van der Waals surface area (Å²) in [6, 6.07) is 4.37. The Bertz CT molecular complexity index is 324. The van der Waals surface area contributed by atoms with Gasteiger partial charge in [-0.1, -0.05) is 20.8 Å². The van der Waals surface area contributed by atoms with Crippen LogP contribution in [0.5, 0.6) is 0 Å². The van der Waals surface area contributed by atoms with Crippen molar-refractivity contribution >= 4 is 0 Å². The van der Waals surface area contributed by atoms with Gasteiger partial charge in [0, 0.05) is 11.9 Å². The lowest BCUT2D eigenvalue weighted by Gasteiger charge is -2.19. The van der Waals surface area contributed by atoms with Gasteiger partial charge in [-0.25, -0.2) is 0 Å². The first-order valence-corrected chi connectivity index (χ1v) is 6.00. The molecule has 0 aliphatic carbocycles. The van der Waals surface area contributed by atoms with E-state index in [1.165, 1.54) is 17.7 Å². The van der Waals surface area contributed by atoms with Crippen molar-refractivity contribution in [1.82, 2.24) is 9.88 Å². The Morgan fingerprint density at radius 3 is 2.50 bits per heavy atom. The Hall–Kier alpha value is -0.890. The van der Waals surface area contributed by atoms with Crippen molar-refractivity contribution in [3.8, 4) is 0 Å².